The van der Waals surface area contributed by atoms with Crippen molar-refractivity contribution in [3.05, 3.63) is 39.3 Å². The van der Waals surface area contributed by atoms with Gasteiger partial charge in [0.15, 0.2) is 5.75 Å². The van der Waals surface area contributed by atoms with Crippen molar-refractivity contribution in [2.75, 3.05) is 0 Å². The Morgan fingerprint density at radius 1 is 1.43 bits per heavy atom. The molecule has 0 aliphatic heterocycles. The lowest BCUT2D eigenvalue weighted by atomic mass is 10.2. The number of benzene rings is 1. The summed E-state index contributed by atoms with van der Waals surface area (Å²) < 4.78 is 6.50. The van der Waals surface area contributed by atoms with Gasteiger partial charge in [0.05, 0.1) is 8.95 Å². The summed E-state index contributed by atoms with van der Waals surface area (Å²) in [5.41, 5.74) is 1.07. The Bertz CT molecular complexity index is 363. The van der Waals surface area contributed by atoms with Crippen LogP contribution in [-0.2, 0) is 4.79 Å². The van der Waals surface area contributed by atoms with Gasteiger partial charge in [-0.05, 0) is 56.5 Å². The molecule has 0 radical (unpaired) electrons. The number of ether oxygens (including phenoxy) is 1. The molecule has 0 aromatic heterocycles. The third-order valence-electron chi connectivity index (χ3n) is 1.51. The highest BCUT2D eigenvalue weighted by atomic mass is 79.9. The monoisotopic (exact) mass is 318 g/mol. The Balaban J connectivity index is 3.08. The van der Waals surface area contributed by atoms with Gasteiger partial charge in [0.25, 0.3) is 0 Å². The number of carbonyl (C=O) groups is 1. The van der Waals surface area contributed by atoms with Crippen LogP contribution >= 0.6 is 31.9 Å². The van der Waals surface area contributed by atoms with E-state index in [4.69, 9.17) is 4.74 Å². The van der Waals surface area contributed by atoms with Crippen molar-refractivity contribution in [2.24, 2.45) is 0 Å². The molecule has 1 rings (SSSR count). The zero-order valence-electron chi connectivity index (χ0n) is 7.51. The molecular formula is C10H8Br2O2. The maximum absolute atomic E-state index is 11.0. The minimum absolute atomic E-state index is 0.473. The number of hydrogen-bond donors (Lipinski definition) is 0. The lowest BCUT2D eigenvalue weighted by molar-refractivity contribution is -0.129. The van der Waals surface area contributed by atoms with Crippen LogP contribution in [0.1, 0.15) is 5.56 Å². The first-order valence-electron chi connectivity index (χ1n) is 3.84. The number of aryl methyl sites for hydroxylation is 1. The smallest absolute Gasteiger partial charge is 0.335 e. The van der Waals surface area contributed by atoms with Crippen LogP contribution in [0.15, 0.2) is 33.7 Å². The predicted octanol–water partition coefficient (Wildman–Crippen LogP) is 3.61. The third kappa shape index (κ3) is 2.69. The second-order valence-electron chi connectivity index (χ2n) is 2.68. The van der Waals surface area contributed by atoms with Crippen molar-refractivity contribution in [3.63, 3.8) is 0 Å². The zero-order valence-corrected chi connectivity index (χ0v) is 10.7. The summed E-state index contributed by atoms with van der Waals surface area (Å²) in [5, 5.41) is 0. The Hall–Kier alpha value is -0.610. The zero-order chi connectivity index (χ0) is 10.7. The molecule has 0 amide bonds. The van der Waals surface area contributed by atoms with Crippen LogP contribution in [0.3, 0.4) is 0 Å². The molecule has 0 saturated heterocycles. The Labute approximate surface area is 99.2 Å². The lowest BCUT2D eigenvalue weighted by Crippen LogP contribution is -2.04. The van der Waals surface area contributed by atoms with E-state index in [9.17, 15) is 4.79 Å². The highest BCUT2D eigenvalue weighted by Crippen LogP contribution is 2.34. The number of hydrogen-bond acceptors (Lipinski definition) is 2. The van der Waals surface area contributed by atoms with E-state index in [1.807, 2.05) is 19.1 Å². The van der Waals surface area contributed by atoms with Gasteiger partial charge in [0, 0.05) is 6.08 Å². The van der Waals surface area contributed by atoms with Crippen LogP contribution in [0.5, 0.6) is 5.75 Å². The highest BCUT2D eigenvalue weighted by molar-refractivity contribution is 9.11. The first-order valence-corrected chi connectivity index (χ1v) is 5.43. The van der Waals surface area contributed by atoms with Gasteiger partial charge >= 0.3 is 5.97 Å². The van der Waals surface area contributed by atoms with E-state index in [0.29, 0.717) is 5.75 Å². The average Bonchev–Trinajstić information content (AvgIpc) is 2.10. The van der Waals surface area contributed by atoms with E-state index in [1.165, 1.54) is 0 Å². The summed E-state index contributed by atoms with van der Waals surface area (Å²) in [5.74, 6) is -0.00393. The molecule has 0 aliphatic carbocycles. The average molecular weight is 320 g/mol. The molecule has 74 valence electrons. The Morgan fingerprint density at radius 3 is 2.36 bits per heavy atom. The lowest BCUT2D eigenvalue weighted by Gasteiger charge is -2.07. The van der Waals surface area contributed by atoms with Crippen molar-refractivity contribution in [3.8, 4) is 5.75 Å². The molecule has 0 heterocycles. The number of rotatable bonds is 2. The van der Waals surface area contributed by atoms with E-state index in [0.717, 1.165) is 20.6 Å². The van der Waals surface area contributed by atoms with Gasteiger partial charge in [-0.3, -0.25) is 0 Å². The highest BCUT2D eigenvalue weighted by Gasteiger charge is 2.10. The van der Waals surface area contributed by atoms with Crippen LogP contribution in [0.2, 0.25) is 0 Å². The molecule has 0 fully saturated rings. The van der Waals surface area contributed by atoms with Crippen molar-refractivity contribution in [1.82, 2.24) is 0 Å². The fourth-order valence-corrected chi connectivity index (χ4v) is 2.50. The second-order valence-corrected chi connectivity index (χ2v) is 4.39. The summed E-state index contributed by atoms with van der Waals surface area (Å²) >= 11 is 6.63. The molecule has 14 heavy (non-hydrogen) atoms. The molecular weight excluding hydrogens is 312 g/mol. The predicted molar refractivity (Wildman–Crippen MR) is 62.4 cm³/mol. The topological polar surface area (TPSA) is 26.3 Å². The van der Waals surface area contributed by atoms with Gasteiger partial charge < -0.3 is 4.74 Å². The van der Waals surface area contributed by atoms with Gasteiger partial charge in [-0.15, -0.1) is 0 Å². The van der Waals surface area contributed by atoms with Crippen molar-refractivity contribution >= 4 is 37.8 Å². The minimum atomic E-state index is -0.477. The minimum Gasteiger partial charge on any atom is -0.421 e. The van der Waals surface area contributed by atoms with Crippen molar-refractivity contribution in [1.29, 1.82) is 0 Å². The maximum Gasteiger partial charge on any atom is 0.335 e. The Morgan fingerprint density at radius 2 is 1.93 bits per heavy atom. The van der Waals surface area contributed by atoms with Gasteiger partial charge in [0.1, 0.15) is 0 Å². The normalized spacial score (nSPS) is 9.64. The SMILES string of the molecule is C=CC(=O)Oc1c(Br)cc(C)cc1Br. The van der Waals surface area contributed by atoms with E-state index in [1.54, 1.807) is 0 Å². The quantitative estimate of drug-likeness (QED) is 0.473. The van der Waals surface area contributed by atoms with Crippen molar-refractivity contribution in [2.45, 2.75) is 6.92 Å². The van der Waals surface area contributed by atoms with Crippen LogP contribution in [-0.4, -0.2) is 5.97 Å². The number of carbonyl (C=O) groups excluding carboxylic acids is 1. The molecule has 2 nitrogen and oxygen atoms in total. The molecule has 0 unspecified atom stereocenters. The molecule has 0 spiro atoms. The van der Waals surface area contributed by atoms with Gasteiger partial charge in [0.2, 0.25) is 0 Å². The van der Waals surface area contributed by atoms with Crippen LogP contribution in [0.25, 0.3) is 0 Å². The van der Waals surface area contributed by atoms with Gasteiger partial charge in [-0.1, -0.05) is 6.58 Å². The molecule has 0 atom stereocenters. The van der Waals surface area contributed by atoms with E-state index >= 15 is 0 Å². The first kappa shape index (κ1) is 11.5. The number of esters is 1. The maximum atomic E-state index is 11.0. The fraction of sp³-hybridized carbons (Fsp3) is 0.100. The van der Waals surface area contributed by atoms with Gasteiger partial charge in [-0.2, -0.15) is 0 Å². The standard InChI is InChI=1S/C10H8Br2O2/c1-3-9(13)14-10-7(11)4-6(2)5-8(10)12/h3-5H,1H2,2H3. The molecule has 4 heteroatoms. The largest absolute Gasteiger partial charge is 0.421 e. The molecule has 0 aliphatic rings. The molecule has 0 bridgehead atoms. The van der Waals surface area contributed by atoms with E-state index in [-0.39, 0.29) is 0 Å². The summed E-state index contributed by atoms with van der Waals surface area (Å²) in [6, 6.07) is 3.74. The summed E-state index contributed by atoms with van der Waals surface area (Å²) in [6.45, 7) is 5.28. The van der Waals surface area contributed by atoms with Crippen molar-refractivity contribution < 1.29 is 9.53 Å². The first-order chi connectivity index (χ1) is 6.54. The summed E-state index contributed by atoms with van der Waals surface area (Å²) in [7, 11) is 0. The van der Waals surface area contributed by atoms with E-state index < -0.39 is 5.97 Å². The number of halogens is 2. The molecule has 1 aromatic rings. The molecule has 0 N–H and O–H groups in total. The molecule has 1 aromatic carbocycles. The Kier molecular flexibility index (Phi) is 3.89. The van der Waals surface area contributed by atoms with Gasteiger partial charge in [-0.25, -0.2) is 4.79 Å². The summed E-state index contributed by atoms with van der Waals surface area (Å²) in [4.78, 5) is 11.0. The van der Waals surface area contributed by atoms with E-state index in [2.05, 4.69) is 38.4 Å². The molecule has 0 saturated carbocycles. The van der Waals surface area contributed by atoms with Crippen LogP contribution in [0, 0.1) is 6.92 Å². The fourth-order valence-electron chi connectivity index (χ4n) is 0.926. The van der Waals surface area contributed by atoms with Crippen LogP contribution < -0.4 is 4.74 Å². The third-order valence-corrected chi connectivity index (χ3v) is 2.69. The summed E-state index contributed by atoms with van der Waals surface area (Å²) in [6.07, 6.45) is 1.12. The van der Waals surface area contributed by atoms with Crippen LogP contribution in [0.4, 0.5) is 0 Å². The second kappa shape index (κ2) is 4.75.